The Bertz CT molecular complexity index is 291. The van der Waals surface area contributed by atoms with Gasteiger partial charge < -0.3 is 5.73 Å². The lowest BCUT2D eigenvalue weighted by Gasteiger charge is -2.07. The molecule has 0 saturated heterocycles. The molecule has 1 rings (SSSR count). The molecular weight excluding hydrogens is 218 g/mol. The Morgan fingerprint density at radius 3 is 2.64 bits per heavy atom. The van der Waals surface area contributed by atoms with Crippen LogP contribution in [0.3, 0.4) is 0 Å². The topological polar surface area (TPSA) is 43.1 Å². The molecule has 0 aliphatic rings. The lowest BCUT2D eigenvalue weighted by molar-refractivity contribution is -0.117. The van der Waals surface area contributed by atoms with E-state index in [2.05, 4.69) is 0 Å². The van der Waals surface area contributed by atoms with Gasteiger partial charge >= 0.3 is 0 Å². The van der Waals surface area contributed by atoms with Crippen molar-refractivity contribution >= 4 is 29.1 Å². The van der Waals surface area contributed by atoms with Crippen LogP contribution in [0.4, 0.5) is 0 Å². The van der Waals surface area contributed by atoms with Crippen LogP contribution in [-0.4, -0.2) is 23.5 Å². The first-order valence-corrected chi connectivity index (χ1v) is 5.78. The summed E-state index contributed by atoms with van der Waals surface area (Å²) in [6, 6.07) is 9.38. The van der Waals surface area contributed by atoms with Crippen LogP contribution >= 0.6 is 23.4 Å². The summed E-state index contributed by atoms with van der Waals surface area (Å²) in [5, 5.41) is 0. The van der Waals surface area contributed by atoms with Crippen LogP contribution in [0.15, 0.2) is 35.2 Å². The highest BCUT2D eigenvalue weighted by Crippen LogP contribution is 2.17. The number of Topliss-reactive ketones (excluding diaryl/α,β-unsaturated/α-hetero) is 1. The summed E-state index contributed by atoms with van der Waals surface area (Å²) in [4.78, 5) is 12.2. The molecule has 76 valence electrons. The normalized spacial score (nSPS) is 12.4. The molecule has 1 unspecified atom stereocenters. The van der Waals surface area contributed by atoms with E-state index in [1.165, 1.54) is 0 Å². The second kappa shape index (κ2) is 6.06. The number of ketones is 1. The predicted octanol–water partition coefficient (Wildman–Crippen LogP) is 1.91. The SMILES string of the molecule is NC(CSc1ccccc1)C(=O)CCl. The number of carbonyl (C=O) groups is 1. The Morgan fingerprint density at radius 2 is 2.07 bits per heavy atom. The molecule has 0 radical (unpaired) electrons. The Labute approximate surface area is 92.8 Å². The van der Waals surface area contributed by atoms with E-state index in [9.17, 15) is 4.79 Å². The van der Waals surface area contributed by atoms with Crippen molar-refractivity contribution in [2.45, 2.75) is 10.9 Å². The van der Waals surface area contributed by atoms with Gasteiger partial charge in [0.05, 0.1) is 11.9 Å². The molecule has 1 atom stereocenters. The van der Waals surface area contributed by atoms with Gasteiger partial charge in [-0.25, -0.2) is 0 Å². The summed E-state index contributed by atoms with van der Waals surface area (Å²) in [6.07, 6.45) is 0. The van der Waals surface area contributed by atoms with Crippen LogP contribution in [0.25, 0.3) is 0 Å². The quantitative estimate of drug-likeness (QED) is 0.620. The van der Waals surface area contributed by atoms with E-state index in [1.54, 1.807) is 11.8 Å². The minimum Gasteiger partial charge on any atom is -0.321 e. The van der Waals surface area contributed by atoms with Crippen LogP contribution in [0, 0.1) is 0 Å². The maximum Gasteiger partial charge on any atom is 0.165 e. The molecule has 0 saturated carbocycles. The second-order valence-electron chi connectivity index (χ2n) is 2.83. The fraction of sp³-hybridized carbons (Fsp3) is 0.300. The van der Waals surface area contributed by atoms with Gasteiger partial charge in [-0.2, -0.15) is 0 Å². The average molecular weight is 230 g/mol. The Kier molecular flexibility index (Phi) is 5.01. The van der Waals surface area contributed by atoms with Crippen molar-refractivity contribution in [3.63, 3.8) is 0 Å². The largest absolute Gasteiger partial charge is 0.321 e. The third kappa shape index (κ3) is 3.70. The van der Waals surface area contributed by atoms with Gasteiger partial charge in [0.25, 0.3) is 0 Å². The summed E-state index contributed by atoms with van der Waals surface area (Å²) >= 11 is 6.96. The molecule has 4 heteroatoms. The van der Waals surface area contributed by atoms with Crippen molar-refractivity contribution in [1.29, 1.82) is 0 Å². The van der Waals surface area contributed by atoms with Crippen molar-refractivity contribution in [1.82, 2.24) is 0 Å². The first-order valence-electron chi connectivity index (χ1n) is 4.26. The highest BCUT2D eigenvalue weighted by atomic mass is 35.5. The maximum atomic E-state index is 11.1. The van der Waals surface area contributed by atoms with Gasteiger partial charge in [-0.05, 0) is 12.1 Å². The van der Waals surface area contributed by atoms with E-state index in [0.717, 1.165) is 4.90 Å². The van der Waals surface area contributed by atoms with E-state index in [-0.39, 0.29) is 11.7 Å². The van der Waals surface area contributed by atoms with Crippen LogP contribution < -0.4 is 5.73 Å². The fourth-order valence-corrected chi connectivity index (χ4v) is 2.00. The molecule has 0 aliphatic carbocycles. The van der Waals surface area contributed by atoms with Crippen molar-refractivity contribution in [3.8, 4) is 0 Å². The van der Waals surface area contributed by atoms with Gasteiger partial charge in [0, 0.05) is 10.6 Å². The average Bonchev–Trinajstić information content (AvgIpc) is 2.26. The zero-order chi connectivity index (χ0) is 10.4. The van der Waals surface area contributed by atoms with E-state index in [0.29, 0.717) is 5.75 Å². The molecule has 0 heterocycles. The van der Waals surface area contributed by atoms with E-state index < -0.39 is 6.04 Å². The fourth-order valence-electron chi connectivity index (χ4n) is 0.895. The number of hydrogen-bond donors (Lipinski definition) is 1. The third-order valence-electron chi connectivity index (χ3n) is 1.72. The van der Waals surface area contributed by atoms with Gasteiger partial charge in [0.2, 0.25) is 0 Å². The molecule has 0 spiro atoms. The molecule has 0 amide bonds. The summed E-state index contributed by atoms with van der Waals surface area (Å²) < 4.78 is 0. The minimum absolute atomic E-state index is 0.00346. The van der Waals surface area contributed by atoms with Gasteiger partial charge in [0.1, 0.15) is 0 Å². The molecule has 0 aromatic heterocycles. The van der Waals surface area contributed by atoms with Crippen molar-refractivity contribution < 1.29 is 4.79 Å². The zero-order valence-electron chi connectivity index (χ0n) is 7.65. The van der Waals surface area contributed by atoms with Crippen LogP contribution in [-0.2, 0) is 4.79 Å². The molecule has 1 aromatic carbocycles. The molecule has 0 fully saturated rings. The van der Waals surface area contributed by atoms with Crippen LogP contribution in [0.2, 0.25) is 0 Å². The molecule has 2 nitrogen and oxygen atoms in total. The molecule has 2 N–H and O–H groups in total. The highest BCUT2D eigenvalue weighted by molar-refractivity contribution is 7.99. The first-order chi connectivity index (χ1) is 6.74. The highest BCUT2D eigenvalue weighted by Gasteiger charge is 2.11. The van der Waals surface area contributed by atoms with Gasteiger partial charge in [-0.1, -0.05) is 18.2 Å². The van der Waals surface area contributed by atoms with Crippen LogP contribution in [0.1, 0.15) is 0 Å². The molecule has 0 bridgehead atoms. The standard InChI is InChI=1S/C10H12ClNOS/c11-6-10(13)9(12)7-14-8-4-2-1-3-5-8/h1-5,9H,6-7,12H2. The molecular formula is C10H12ClNOS. The van der Waals surface area contributed by atoms with Gasteiger partial charge in [-0.3, -0.25) is 4.79 Å². The number of nitrogens with two attached hydrogens (primary N) is 1. The minimum atomic E-state index is -0.460. The Hall–Kier alpha value is -0.510. The number of benzene rings is 1. The summed E-state index contributed by atoms with van der Waals surface area (Å²) in [5.74, 6) is 0.474. The number of rotatable bonds is 5. The lowest BCUT2D eigenvalue weighted by atomic mass is 10.2. The van der Waals surface area contributed by atoms with E-state index >= 15 is 0 Å². The molecule has 0 aliphatic heterocycles. The maximum absolute atomic E-state index is 11.1. The lowest BCUT2D eigenvalue weighted by Crippen LogP contribution is -2.33. The molecule has 1 aromatic rings. The first kappa shape index (κ1) is 11.6. The summed E-state index contributed by atoms with van der Waals surface area (Å²) in [5.41, 5.74) is 5.62. The predicted molar refractivity (Wildman–Crippen MR) is 60.9 cm³/mol. The number of alkyl halides is 1. The van der Waals surface area contributed by atoms with Gasteiger partial charge in [-0.15, -0.1) is 23.4 Å². The van der Waals surface area contributed by atoms with Crippen molar-refractivity contribution in [2.75, 3.05) is 11.6 Å². The monoisotopic (exact) mass is 229 g/mol. The number of carbonyl (C=O) groups excluding carboxylic acids is 1. The third-order valence-corrected chi connectivity index (χ3v) is 3.11. The van der Waals surface area contributed by atoms with E-state index in [1.807, 2.05) is 30.3 Å². The number of thioether (sulfide) groups is 1. The molecule has 14 heavy (non-hydrogen) atoms. The second-order valence-corrected chi connectivity index (χ2v) is 4.19. The van der Waals surface area contributed by atoms with Crippen molar-refractivity contribution in [2.24, 2.45) is 5.73 Å². The zero-order valence-corrected chi connectivity index (χ0v) is 9.22. The van der Waals surface area contributed by atoms with Gasteiger partial charge in [0.15, 0.2) is 5.78 Å². The summed E-state index contributed by atoms with van der Waals surface area (Å²) in [6.45, 7) is 0. The smallest absolute Gasteiger partial charge is 0.165 e. The Balaban J connectivity index is 2.38. The van der Waals surface area contributed by atoms with Crippen molar-refractivity contribution in [3.05, 3.63) is 30.3 Å². The Morgan fingerprint density at radius 1 is 1.43 bits per heavy atom. The number of halogens is 1. The van der Waals surface area contributed by atoms with Crippen LogP contribution in [0.5, 0.6) is 0 Å². The summed E-state index contributed by atoms with van der Waals surface area (Å²) in [7, 11) is 0. The number of hydrogen-bond acceptors (Lipinski definition) is 3. The van der Waals surface area contributed by atoms with E-state index in [4.69, 9.17) is 17.3 Å².